The van der Waals surface area contributed by atoms with Gasteiger partial charge in [0.05, 0.1) is 6.61 Å². The van der Waals surface area contributed by atoms with E-state index in [-0.39, 0.29) is 0 Å². The molecule has 0 aromatic heterocycles. The zero-order chi connectivity index (χ0) is 9.80. The lowest BCUT2D eigenvalue weighted by Gasteiger charge is -2.37. The summed E-state index contributed by atoms with van der Waals surface area (Å²) in [5.41, 5.74) is 0. The van der Waals surface area contributed by atoms with E-state index in [1.807, 2.05) is 0 Å². The monoisotopic (exact) mass is 198 g/mol. The maximum Gasteiger partial charge on any atom is 0.0506 e. The lowest BCUT2D eigenvalue weighted by atomic mass is 9.96. The second-order valence-corrected chi connectivity index (χ2v) is 4.55. The van der Waals surface area contributed by atoms with Crippen LogP contribution in [0.1, 0.15) is 19.8 Å². The average molecular weight is 198 g/mol. The van der Waals surface area contributed by atoms with Crippen molar-refractivity contribution in [2.45, 2.75) is 25.8 Å². The number of nitrogens with one attached hydrogen (secondary N) is 1. The van der Waals surface area contributed by atoms with Gasteiger partial charge in [-0.25, -0.2) is 0 Å². The first-order chi connectivity index (χ1) is 6.88. The van der Waals surface area contributed by atoms with E-state index in [4.69, 9.17) is 4.74 Å². The first-order valence-corrected chi connectivity index (χ1v) is 5.90. The third-order valence-electron chi connectivity index (χ3n) is 3.44. The van der Waals surface area contributed by atoms with Gasteiger partial charge in [-0.3, -0.25) is 4.90 Å². The minimum absolute atomic E-state index is 0.710. The van der Waals surface area contributed by atoms with Gasteiger partial charge in [-0.2, -0.15) is 0 Å². The van der Waals surface area contributed by atoms with Gasteiger partial charge in [0.25, 0.3) is 0 Å². The van der Waals surface area contributed by atoms with E-state index < -0.39 is 0 Å². The van der Waals surface area contributed by atoms with Crippen LogP contribution in [0.25, 0.3) is 0 Å². The molecule has 14 heavy (non-hydrogen) atoms. The topological polar surface area (TPSA) is 24.5 Å². The lowest BCUT2D eigenvalue weighted by molar-refractivity contribution is -0.00395. The summed E-state index contributed by atoms with van der Waals surface area (Å²) in [6, 6.07) is 0.767. The van der Waals surface area contributed by atoms with Crippen LogP contribution in [-0.2, 0) is 4.74 Å². The first kappa shape index (κ1) is 10.4. The molecule has 2 unspecified atom stereocenters. The van der Waals surface area contributed by atoms with Crippen molar-refractivity contribution in [2.24, 2.45) is 5.92 Å². The summed E-state index contributed by atoms with van der Waals surface area (Å²) < 4.78 is 5.49. The molecule has 1 N–H and O–H groups in total. The fourth-order valence-electron chi connectivity index (χ4n) is 2.61. The van der Waals surface area contributed by atoms with Gasteiger partial charge in [-0.05, 0) is 31.8 Å². The Balaban J connectivity index is 1.90. The third kappa shape index (κ3) is 2.47. The van der Waals surface area contributed by atoms with Gasteiger partial charge in [0.15, 0.2) is 0 Å². The Bertz CT molecular complexity index is 167. The van der Waals surface area contributed by atoms with Crippen molar-refractivity contribution in [3.8, 4) is 0 Å². The summed E-state index contributed by atoms with van der Waals surface area (Å²) in [7, 11) is 0. The highest BCUT2D eigenvalue weighted by Crippen LogP contribution is 2.20. The van der Waals surface area contributed by atoms with Crippen LogP contribution < -0.4 is 5.32 Å². The van der Waals surface area contributed by atoms with Crippen LogP contribution in [0.2, 0.25) is 0 Å². The second kappa shape index (κ2) is 5.10. The zero-order valence-electron chi connectivity index (χ0n) is 9.17. The predicted octanol–water partition coefficient (Wildman–Crippen LogP) is 0.707. The molecule has 2 aliphatic rings. The van der Waals surface area contributed by atoms with Crippen molar-refractivity contribution in [1.82, 2.24) is 10.2 Å². The predicted molar refractivity (Wildman–Crippen MR) is 57.4 cm³/mol. The molecular formula is C11H22N2O. The Hall–Kier alpha value is -0.120. The van der Waals surface area contributed by atoms with Crippen LogP contribution in [0.15, 0.2) is 0 Å². The molecule has 82 valence electrons. The van der Waals surface area contributed by atoms with E-state index in [1.165, 1.54) is 32.5 Å². The molecule has 0 bridgehead atoms. The molecule has 3 nitrogen and oxygen atoms in total. The van der Waals surface area contributed by atoms with E-state index >= 15 is 0 Å². The largest absolute Gasteiger partial charge is 0.381 e. The molecule has 2 fully saturated rings. The molecular weight excluding hydrogens is 176 g/mol. The van der Waals surface area contributed by atoms with Crippen LogP contribution in [0.5, 0.6) is 0 Å². The number of rotatable bonds is 1. The summed E-state index contributed by atoms with van der Waals surface area (Å²) in [6.07, 6.45) is 2.52. The summed E-state index contributed by atoms with van der Waals surface area (Å²) in [4.78, 5) is 2.66. The molecule has 0 aromatic rings. The minimum Gasteiger partial charge on any atom is -0.381 e. The summed E-state index contributed by atoms with van der Waals surface area (Å²) in [6.45, 7) is 9.06. The Kier molecular flexibility index (Phi) is 3.79. The Morgan fingerprint density at radius 1 is 1.29 bits per heavy atom. The standard InChI is InChI=1S/C11H22N2O/c1-10-9-14-8-3-11(10)13-6-2-4-12-5-7-13/h10-12H,2-9H2,1H3. The molecule has 0 radical (unpaired) electrons. The minimum atomic E-state index is 0.710. The fraction of sp³-hybridized carbons (Fsp3) is 1.00. The van der Waals surface area contributed by atoms with Gasteiger partial charge in [0.1, 0.15) is 0 Å². The maximum absolute atomic E-state index is 5.49. The smallest absolute Gasteiger partial charge is 0.0506 e. The summed E-state index contributed by atoms with van der Waals surface area (Å²) in [5.74, 6) is 0.710. The van der Waals surface area contributed by atoms with Crippen molar-refractivity contribution in [1.29, 1.82) is 0 Å². The van der Waals surface area contributed by atoms with Gasteiger partial charge >= 0.3 is 0 Å². The molecule has 2 aliphatic heterocycles. The van der Waals surface area contributed by atoms with Crippen molar-refractivity contribution in [2.75, 3.05) is 39.4 Å². The zero-order valence-corrected chi connectivity index (χ0v) is 9.17. The van der Waals surface area contributed by atoms with Crippen LogP contribution in [0, 0.1) is 5.92 Å². The van der Waals surface area contributed by atoms with Gasteiger partial charge in [-0.15, -0.1) is 0 Å². The fourth-order valence-corrected chi connectivity index (χ4v) is 2.61. The normalized spacial score (nSPS) is 36.6. The van der Waals surface area contributed by atoms with Crippen molar-refractivity contribution < 1.29 is 4.74 Å². The van der Waals surface area contributed by atoms with Crippen LogP contribution in [0.3, 0.4) is 0 Å². The highest BCUT2D eigenvalue weighted by Gasteiger charge is 2.27. The SMILES string of the molecule is CC1COCCC1N1CCCNCC1. The Labute approximate surface area is 86.8 Å². The van der Waals surface area contributed by atoms with Gasteiger partial charge in [0.2, 0.25) is 0 Å². The third-order valence-corrected chi connectivity index (χ3v) is 3.44. The number of hydrogen-bond donors (Lipinski definition) is 1. The highest BCUT2D eigenvalue weighted by atomic mass is 16.5. The van der Waals surface area contributed by atoms with E-state index in [9.17, 15) is 0 Å². The van der Waals surface area contributed by atoms with Crippen LogP contribution in [-0.4, -0.2) is 50.3 Å². The van der Waals surface area contributed by atoms with Crippen LogP contribution in [0.4, 0.5) is 0 Å². The van der Waals surface area contributed by atoms with Gasteiger partial charge in [-0.1, -0.05) is 6.92 Å². The van der Waals surface area contributed by atoms with E-state index in [1.54, 1.807) is 0 Å². The first-order valence-electron chi connectivity index (χ1n) is 5.90. The van der Waals surface area contributed by atoms with Crippen molar-refractivity contribution >= 4 is 0 Å². The molecule has 0 spiro atoms. The molecule has 0 aromatic carbocycles. The van der Waals surface area contributed by atoms with Crippen LogP contribution >= 0.6 is 0 Å². The number of nitrogens with zero attached hydrogens (tertiary/aromatic N) is 1. The molecule has 0 saturated carbocycles. The lowest BCUT2D eigenvalue weighted by Crippen LogP contribution is -2.46. The molecule has 2 atom stereocenters. The van der Waals surface area contributed by atoms with E-state index in [2.05, 4.69) is 17.1 Å². The Morgan fingerprint density at radius 3 is 3.07 bits per heavy atom. The molecule has 2 rings (SSSR count). The second-order valence-electron chi connectivity index (χ2n) is 4.55. The molecule has 2 heterocycles. The molecule has 3 heteroatoms. The Morgan fingerprint density at radius 2 is 2.21 bits per heavy atom. The molecule has 0 aliphatic carbocycles. The van der Waals surface area contributed by atoms with E-state index in [0.717, 1.165) is 25.8 Å². The number of ether oxygens (including phenoxy) is 1. The van der Waals surface area contributed by atoms with E-state index in [0.29, 0.717) is 5.92 Å². The summed E-state index contributed by atoms with van der Waals surface area (Å²) >= 11 is 0. The average Bonchev–Trinajstić information content (AvgIpc) is 2.47. The maximum atomic E-state index is 5.49. The van der Waals surface area contributed by atoms with Gasteiger partial charge in [0, 0.05) is 25.7 Å². The summed E-state index contributed by atoms with van der Waals surface area (Å²) in [5, 5.41) is 3.46. The quantitative estimate of drug-likeness (QED) is 0.671. The number of hydrogen-bond acceptors (Lipinski definition) is 3. The molecule has 0 amide bonds. The van der Waals surface area contributed by atoms with Gasteiger partial charge < -0.3 is 10.1 Å². The molecule has 2 saturated heterocycles. The van der Waals surface area contributed by atoms with Crippen molar-refractivity contribution in [3.63, 3.8) is 0 Å². The van der Waals surface area contributed by atoms with Crippen molar-refractivity contribution in [3.05, 3.63) is 0 Å². The highest BCUT2D eigenvalue weighted by molar-refractivity contribution is 4.81.